The maximum absolute atomic E-state index is 12.5. The van der Waals surface area contributed by atoms with Gasteiger partial charge in [-0.2, -0.15) is 5.10 Å². The monoisotopic (exact) mass is 579 g/mol. The highest BCUT2D eigenvalue weighted by Gasteiger charge is 2.12. The molecule has 0 aromatic heterocycles. The van der Waals surface area contributed by atoms with E-state index in [9.17, 15) is 9.59 Å². The van der Waals surface area contributed by atoms with Crippen LogP contribution in [0.25, 0.3) is 10.8 Å². The summed E-state index contributed by atoms with van der Waals surface area (Å²) in [6, 6.07) is 25.9. The Morgan fingerprint density at radius 3 is 2.44 bits per heavy atom. The molecule has 2 N–H and O–H groups in total. The Kier molecular flexibility index (Phi) is 7.72. The molecule has 0 radical (unpaired) electrons. The number of anilines is 1. The van der Waals surface area contributed by atoms with Gasteiger partial charge in [-0.15, -0.1) is 0 Å². The topological polar surface area (TPSA) is 79.8 Å². The first kappa shape index (κ1) is 23.7. The first-order chi connectivity index (χ1) is 16.5. The van der Waals surface area contributed by atoms with E-state index in [2.05, 4.69) is 47.7 Å². The zero-order chi connectivity index (χ0) is 23.9. The molecule has 0 aliphatic carbocycles. The van der Waals surface area contributed by atoms with Gasteiger partial charge in [0.15, 0.2) is 0 Å². The fraction of sp³-hybridized carbons (Fsp3) is 0.0385. The zero-order valence-electron chi connectivity index (χ0n) is 17.8. The Morgan fingerprint density at radius 1 is 0.882 bits per heavy atom. The van der Waals surface area contributed by atoms with Crippen molar-refractivity contribution in [2.45, 2.75) is 0 Å². The van der Waals surface area contributed by atoms with Crippen molar-refractivity contribution in [3.63, 3.8) is 0 Å². The number of halogens is 2. The van der Waals surface area contributed by atoms with Crippen molar-refractivity contribution in [3.8, 4) is 5.75 Å². The number of carbonyl (C=O) groups excluding carboxylic acids is 2. The maximum atomic E-state index is 12.5. The van der Waals surface area contributed by atoms with Crippen LogP contribution in [0.4, 0.5) is 5.69 Å². The zero-order valence-corrected chi connectivity index (χ0v) is 21.0. The van der Waals surface area contributed by atoms with Gasteiger partial charge >= 0.3 is 5.97 Å². The molecule has 4 aromatic carbocycles. The van der Waals surface area contributed by atoms with Crippen LogP contribution in [0, 0.1) is 0 Å². The lowest BCUT2D eigenvalue weighted by molar-refractivity contribution is -0.119. The Morgan fingerprint density at radius 2 is 1.62 bits per heavy atom. The molecular formula is C26H19Br2N3O3. The van der Waals surface area contributed by atoms with Crippen LogP contribution >= 0.6 is 31.9 Å². The van der Waals surface area contributed by atoms with Crippen LogP contribution in [0.1, 0.15) is 15.9 Å². The standard InChI is InChI=1S/C26H19Br2N3O3/c27-20-10-8-18(9-11-20)26(33)34-24-13-12-21(28)14-19(24)15-30-31-25(32)16-29-23-7-3-5-17-4-1-2-6-22(17)23/h1-15,29H,16H2,(H,31,32). The van der Waals surface area contributed by atoms with Crippen LogP contribution in [0.2, 0.25) is 0 Å². The first-order valence-electron chi connectivity index (χ1n) is 10.3. The third-order valence-electron chi connectivity index (χ3n) is 4.88. The molecule has 8 heteroatoms. The van der Waals surface area contributed by atoms with E-state index in [1.807, 2.05) is 42.5 Å². The Hall–Kier alpha value is -3.49. The molecule has 0 bridgehead atoms. The second-order valence-corrected chi connectivity index (χ2v) is 9.08. The van der Waals surface area contributed by atoms with Crippen LogP contribution in [0.15, 0.2) is 99.0 Å². The number of benzene rings is 4. The van der Waals surface area contributed by atoms with E-state index in [1.165, 1.54) is 6.21 Å². The quantitative estimate of drug-likeness (QED) is 0.119. The average molecular weight is 581 g/mol. The van der Waals surface area contributed by atoms with Crippen molar-refractivity contribution >= 4 is 66.4 Å². The number of carbonyl (C=O) groups is 2. The summed E-state index contributed by atoms with van der Waals surface area (Å²) in [4.78, 5) is 24.8. The molecule has 0 atom stereocenters. The number of ether oxygens (including phenoxy) is 1. The minimum Gasteiger partial charge on any atom is -0.422 e. The lowest BCUT2D eigenvalue weighted by atomic mass is 10.1. The molecule has 34 heavy (non-hydrogen) atoms. The number of hydrogen-bond donors (Lipinski definition) is 2. The van der Waals surface area contributed by atoms with Crippen LogP contribution in [-0.4, -0.2) is 24.6 Å². The number of rotatable bonds is 7. The molecule has 1 amide bonds. The van der Waals surface area contributed by atoms with Gasteiger partial charge in [-0.1, -0.05) is 68.3 Å². The molecule has 0 unspecified atom stereocenters. The smallest absolute Gasteiger partial charge is 0.343 e. The normalized spacial score (nSPS) is 10.9. The highest BCUT2D eigenvalue weighted by atomic mass is 79.9. The van der Waals surface area contributed by atoms with Gasteiger partial charge in [-0.3, -0.25) is 4.79 Å². The van der Waals surface area contributed by atoms with E-state index in [4.69, 9.17) is 4.74 Å². The Labute approximate surface area is 213 Å². The summed E-state index contributed by atoms with van der Waals surface area (Å²) in [7, 11) is 0. The molecule has 4 rings (SSSR count). The van der Waals surface area contributed by atoms with Crippen molar-refractivity contribution in [3.05, 3.63) is 105 Å². The molecule has 0 fully saturated rings. The van der Waals surface area contributed by atoms with Gasteiger partial charge in [0.25, 0.3) is 5.91 Å². The number of nitrogens with one attached hydrogen (secondary N) is 2. The van der Waals surface area contributed by atoms with E-state index in [1.54, 1.807) is 42.5 Å². The van der Waals surface area contributed by atoms with Gasteiger partial charge in [-0.25, -0.2) is 10.2 Å². The molecule has 0 aliphatic heterocycles. The second-order valence-electron chi connectivity index (χ2n) is 7.25. The van der Waals surface area contributed by atoms with Gasteiger partial charge in [0.2, 0.25) is 0 Å². The summed E-state index contributed by atoms with van der Waals surface area (Å²) in [5, 5.41) is 9.29. The number of nitrogens with zero attached hydrogens (tertiary/aromatic N) is 1. The minimum atomic E-state index is -0.493. The molecule has 0 aliphatic rings. The lowest BCUT2D eigenvalue weighted by Crippen LogP contribution is -2.26. The Balaban J connectivity index is 1.39. The number of amides is 1. The predicted octanol–water partition coefficient (Wildman–Crippen LogP) is 6.15. The molecule has 4 aromatic rings. The fourth-order valence-corrected chi connectivity index (χ4v) is 3.87. The molecule has 0 saturated carbocycles. The van der Waals surface area contributed by atoms with Crippen molar-refractivity contribution in [1.29, 1.82) is 0 Å². The molecule has 0 saturated heterocycles. The highest BCUT2D eigenvalue weighted by molar-refractivity contribution is 9.10. The largest absolute Gasteiger partial charge is 0.422 e. The van der Waals surface area contributed by atoms with Crippen molar-refractivity contribution < 1.29 is 14.3 Å². The first-order valence-corrected chi connectivity index (χ1v) is 11.9. The predicted molar refractivity (Wildman–Crippen MR) is 141 cm³/mol. The number of fused-ring (bicyclic) bond motifs is 1. The summed E-state index contributed by atoms with van der Waals surface area (Å²) >= 11 is 6.74. The lowest BCUT2D eigenvalue weighted by Gasteiger charge is -2.09. The average Bonchev–Trinajstić information content (AvgIpc) is 2.84. The molecule has 0 spiro atoms. The van der Waals surface area contributed by atoms with E-state index < -0.39 is 5.97 Å². The molecular weight excluding hydrogens is 562 g/mol. The fourth-order valence-electron chi connectivity index (χ4n) is 3.23. The van der Waals surface area contributed by atoms with Gasteiger partial charge in [-0.05, 0) is 53.9 Å². The molecule has 170 valence electrons. The van der Waals surface area contributed by atoms with E-state index in [-0.39, 0.29) is 12.5 Å². The maximum Gasteiger partial charge on any atom is 0.343 e. The van der Waals surface area contributed by atoms with Gasteiger partial charge < -0.3 is 10.1 Å². The van der Waals surface area contributed by atoms with Gasteiger partial charge in [0.05, 0.1) is 18.3 Å². The molecule has 6 nitrogen and oxygen atoms in total. The number of esters is 1. The van der Waals surface area contributed by atoms with Crippen LogP contribution in [0.3, 0.4) is 0 Å². The summed E-state index contributed by atoms with van der Waals surface area (Å²) in [5.41, 5.74) is 4.31. The number of hydrogen-bond acceptors (Lipinski definition) is 5. The van der Waals surface area contributed by atoms with Crippen molar-refractivity contribution in [2.24, 2.45) is 5.10 Å². The minimum absolute atomic E-state index is 0.0508. The summed E-state index contributed by atoms with van der Waals surface area (Å²) in [6.07, 6.45) is 1.44. The van der Waals surface area contributed by atoms with Crippen LogP contribution < -0.4 is 15.5 Å². The summed E-state index contributed by atoms with van der Waals surface area (Å²) in [6.45, 7) is 0.0508. The van der Waals surface area contributed by atoms with Crippen molar-refractivity contribution in [1.82, 2.24) is 5.43 Å². The number of hydrazone groups is 1. The van der Waals surface area contributed by atoms with Gasteiger partial charge in [0, 0.05) is 25.6 Å². The summed E-state index contributed by atoms with van der Waals surface area (Å²) in [5.74, 6) is -0.483. The summed E-state index contributed by atoms with van der Waals surface area (Å²) < 4.78 is 7.18. The van der Waals surface area contributed by atoms with E-state index in [0.29, 0.717) is 16.9 Å². The third-order valence-corrected chi connectivity index (χ3v) is 5.90. The van der Waals surface area contributed by atoms with Crippen LogP contribution in [0.5, 0.6) is 5.75 Å². The Bertz CT molecular complexity index is 1370. The van der Waals surface area contributed by atoms with E-state index >= 15 is 0 Å². The van der Waals surface area contributed by atoms with E-state index in [0.717, 1.165) is 25.4 Å². The van der Waals surface area contributed by atoms with Crippen LogP contribution in [-0.2, 0) is 4.79 Å². The SMILES string of the molecule is O=C(CNc1cccc2ccccc12)NN=Cc1cc(Br)ccc1OC(=O)c1ccc(Br)cc1. The third kappa shape index (κ3) is 6.09. The molecule has 0 heterocycles. The van der Waals surface area contributed by atoms with Gasteiger partial charge in [0.1, 0.15) is 5.75 Å². The highest BCUT2D eigenvalue weighted by Crippen LogP contribution is 2.24. The van der Waals surface area contributed by atoms with Crippen molar-refractivity contribution in [2.75, 3.05) is 11.9 Å². The second kappa shape index (κ2) is 11.1.